The van der Waals surface area contributed by atoms with Crippen molar-refractivity contribution in [3.8, 4) is 0 Å². The van der Waals surface area contributed by atoms with Crippen LogP contribution in [0.3, 0.4) is 0 Å². The van der Waals surface area contributed by atoms with Gasteiger partial charge in [-0.15, -0.1) is 0 Å². The molecule has 156 valence electrons. The van der Waals surface area contributed by atoms with Gasteiger partial charge in [0, 0.05) is 17.1 Å². The fourth-order valence-electron chi connectivity index (χ4n) is 3.17. The molecule has 2 aromatic carbocycles. The first kappa shape index (κ1) is 21.5. The topological polar surface area (TPSA) is 95.2 Å². The number of nitrogens with one attached hydrogen (secondary N) is 2. The van der Waals surface area contributed by atoms with Crippen molar-refractivity contribution in [1.82, 2.24) is 20.2 Å². The smallest absolute Gasteiger partial charge is 0.258 e. The molecule has 0 saturated heterocycles. The molecule has 1 aromatic heterocycles. The quantitative estimate of drug-likeness (QED) is 0.607. The average Bonchev–Trinajstić information content (AvgIpc) is 2.71. The van der Waals surface area contributed by atoms with E-state index in [0.717, 1.165) is 12.0 Å². The molecular formula is C22H23ClN4O3. The number of amides is 2. The maximum Gasteiger partial charge on any atom is 0.258 e. The van der Waals surface area contributed by atoms with Gasteiger partial charge in [-0.3, -0.25) is 14.4 Å². The number of H-pyrrole nitrogens is 1. The summed E-state index contributed by atoms with van der Waals surface area (Å²) in [6, 6.07) is 12.0. The van der Waals surface area contributed by atoms with Gasteiger partial charge in [-0.2, -0.15) is 0 Å². The van der Waals surface area contributed by atoms with E-state index in [9.17, 15) is 14.4 Å². The van der Waals surface area contributed by atoms with Crippen LogP contribution in [0.4, 0.5) is 0 Å². The molecule has 0 radical (unpaired) electrons. The Bertz CT molecular complexity index is 1140. The maximum absolute atomic E-state index is 12.7. The highest BCUT2D eigenvalue weighted by atomic mass is 35.5. The maximum atomic E-state index is 12.7. The molecule has 0 bridgehead atoms. The number of fused-ring (bicyclic) bond motifs is 1. The molecule has 0 saturated carbocycles. The Labute approximate surface area is 179 Å². The van der Waals surface area contributed by atoms with Crippen molar-refractivity contribution in [2.45, 2.75) is 26.8 Å². The first-order valence-corrected chi connectivity index (χ1v) is 10.1. The Morgan fingerprint density at radius 2 is 1.97 bits per heavy atom. The van der Waals surface area contributed by atoms with Crippen molar-refractivity contribution >= 4 is 34.3 Å². The van der Waals surface area contributed by atoms with Gasteiger partial charge in [0.15, 0.2) is 0 Å². The van der Waals surface area contributed by atoms with Gasteiger partial charge in [0.25, 0.3) is 11.5 Å². The Morgan fingerprint density at radius 3 is 2.70 bits per heavy atom. The third kappa shape index (κ3) is 5.04. The van der Waals surface area contributed by atoms with Crippen LogP contribution in [0.5, 0.6) is 0 Å². The second kappa shape index (κ2) is 9.54. The second-order valence-electron chi connectivity index (χ2n) is 6.99. The van der Waals surface area contributed by atoms with Crippen LogP contribution in [0.2, 0.25) is 5.02 Å². The van der Waals surface area contributed by atoms with E-state index in [1.165, 1.54) is 0 Å². The third-order valence-corrected chi connectivity index (χ3v) is 4.93. The highest BCUT2D eigenvalue weighted by Crippen LogP contribution is 2.15. The summed E-state index contributed by atoms with van der Waals surface area (Å²) in [4.78, 5) is 46.2. The molecule has 2 amide bonds. The van der Waals surface area contributed by atoms with E-state index in [0.29, 0.717) is 33.9 Å². The number of aromatic amines is 1. The van der Waals surface area contributed by atoms with Crippen molar-refractivity contribution in [2.24, 2.45) is 0 Å². The monoisotopic (exact) mass is 426 g/mol. The number of rotatable bonds is 7. The van der Waals surface area contributed by atoms with Gasteiger partial charge in [-0.25, -0.2) is 4.98 Å². The minimum Gasteiger partial charge on any atom is -0.343 e. The predicted octanol–water partition coefficient (Wildman–Crippen LogP) is 3.05. The molecule has 0 spiro atoms. The summed E-state index contributed by atoms with van der Waals surface area (Å²) in [5, 5.41) is 3.58. The van der Waals surface area contributed by atoms with Crippen molar-refractivity contribution in [1.29, 1.82) is 0 Å². The molecule has 3 aromatic rings. The van der Waals surface area contributed by atoms with Crippen LogP contribution in [-0.2, 0) is 11.3 Å². The molecule has 3 rings (SSSR count). The molecule has 0 aliphatic carbocycles. The Morgan fingerprint density at radius 1 is 1.20 bits per heavy atom. The normalized spacial score (nSPS) is 10.8. The number of carbonyl (C=O) groups is 2. The first-order valence-electron chi connectivity index (χ1n) is 9.69. The molecule has 8 heteroatoms. The minimum absolute atomic E-state index is 0.130. The number of nitrogens with zero attached hydrogens (tertiary/aromatic N) is 2. The Balaban J connectivity index is 1.73. The lowest BCUT2D eigenvalue weighted by atomic mass is 10.1. The molecular weight excluding hydrogens is 404 g/mol. The molecule has 0 aliphatic heterocycles. The summed E-state index contributed by atoms with van der Waals surface area (Å²) in [6.07, 6.45) is 0.723. The van der Waals surface area contributed by atoms with Crippen LogP contribution >= 0.6 is 11.6 Å². The fraction of sp³-hybridized carbons (Fsp3) is 0.273. The van der Waals surface area contributed by atoms with Crippen LogP contribution in [0.25, 0.3) is 10.9 Å². The van der Waals surface area contributed by atoms with Gasteiger partial charge in [-0.1, -0.05) is 36.7 Å². The summed E-state index contributed by atoms with van der Waals surface area (Å²) in [7, 11) is 0. The number of hydrogen-bond acceptors (Lipinski definition) is 4. The van der Waals surface area contributed by atoms with E-state index in [1.807, 2.05) is 26.0 Å². The van der Waals surface area contributed by atoms with Crippen LogP contribution in [-0.4, -0.2) is 39.8 Å². The zero-order chi connectivity index (χ0) is 21.7. The predicted molar refractivity (Wildman–Crippen MR) is 117 cm³/mol. The SMILES string of the molecule is CCCN(Cc1nc2cc(Cl)ccc2c(=O)[nH]1)C(=O)CNC(=O)c1ccccc1C. The minimum atomic E-state index is -0.301. The first-order chi connectivity index (χ1) is 14.4. The zero-order valence-electron chi connectivity index (χ0n) is 16.9. The zero-order valence-corrected chi connectivity index (χ0v) is 17.6. The molecule has 0 unspecified atom stereocenters. The van der Waals surface area contributed by atoms with E-state index in [1.54, 1.807) is 35.2 Å². The lowest BCUT2D eigenvalue weighted by Crippen LogP contribution is -2.41. The van der Waals surface area contributed by atoms with Gasteiger partial charge in [-0.05, 0) is 43.2 Å². The summed E-state index contributed by atoms with van der Waals surface area (Å²) >= 11 is 6.00. The summed E-state index contributed by atoms with van der Waals surface area (Å²) < 4.78 is 0. The van der Waals surface area contributed by atoms with E-state index in [4.69, 9.17) is 11.6 Å². The standard InChI is InChI=1S/C22H23ClN4O3/c1-3-10-27(20(28)12-24-21(29)16-7-5-4-6-14(16)2)13-19-25-18-11-15(23)8-9-17(18)22(30)26-19/h4-9,11H,3,10,12-13H2,1-2H3,(H,24,29)(H,25,26,30). The summed E-state index contributed by atoms with van der Waals surface area (Å²) in [5.74, 6) is -0.195. The second-order valence-corrected chi connectivity index (χ2v) is 7.42. The Hall–Kier alpha value is -3.19. The largest absolute Gasteiger partial charge is 0.343 e. The van der Waals surface area contributed by atoms with Crippen LogP contribution in [0, 0.1) is 6.92 Å². The molecule has 30 heavy (non-hydrogen) atoms. The van der Waals surface area contributed by atoms with Crippen LogP contribution in [0.1, 0.15) is 35.1 Å². The van der Waals surface area contributed by atoms with Gasteiger partial charge in [0.1, 0.15) is 5.82 Å². The molecule has 0 fully saturated rings. The number of aromatic nitrogens is 2. The molecule has 1 heterocycles. The van der Waals surface area contributed by atoms with E-state index in [-0.39, 0.29) is 30.5 Å². The number of hydrogen-bond donors (Lipinski definition) is 2. The van der Waals surface area contributed by atoms with E-state index < -0.39 is 0 Å². The van der Waals surface area contributed by atoms with Gasteiger partial charge >= 0.3 is 0 Å². The van der Waals surface area contributed by atoms with Gasteiger partial charge in [0.05, 0.1) is 24.0 Å². The average molecular weight is 427 g/mol. The fourth-order valence-corrected chi connectivity index (χ4v) is 3.34. The molecule has 0 aliphatic rings. The molecule has 0 atom stereocenters. The van der Waals surface area contributed by atoms with Crippen LogP contribution < -0.4 is 10.9 Å². The number of benzene rings is 2. The number of aryl methyl sites for hydroxylation is 1. The van der Waals surface area contributed by atoms with Gasteiger partial charge < -0.3 is 15.2 Å². The molecule has 7 nitrogen and oxygen atoms in total. The van der Waals surface area contributed by atoms with E-state index in [2.05, 4.69) is 15.3 Å². The van der Waals surface area contributed by atoms with Crippen molar-refractivity contribution < 1.29 is 9.59 Å². The third-order valence-electron chi connectivity index (χ3n) is 4.69. The van der Waals surface area contributed by atoms with E-state index >= 15 is 0 Å². The highest BCUT2D eigenvalue weighted by molar-refractivity contribution is 6.31. The summed E-state index contributed by atoms with van der Waals surface area (Å²) in [5.41, 5.74) is 1.55. The van der Waals surface area contributed by atoms with Crippen molar-refractivity contribution in [3.05, 3.63) is 74.8 Å². The highest BCUT2D eigenvalue weighted by Gasteiger charge is 2.17. The van der Waals surface area contributed by atoms with Crippen molar-refractivity contribution in [3.63, 3.8) is 0 Å². The van der Waals surface area contributed by atoms with Crippen molar-refractivity contribution in [2.75, 3.05) is 13.1 Å². The van der Waals surface area contributed by atoms with Crippen LogP contribution in [0.15, 0.2) is 47.3 Å². The number of carbonyl (C=O) groups excluding carboxylic acids is 2. The molecule has 2 N–H and O–H groups in total. The lowest BCUT2D eigenvalue weighted by Gasteiger charge is -2.22. The summed E-state index contributed by atoms with van der Waals surface area (Å²) in [6.45, 7) is 4.24. The van der Waals surface area contributed by atoms with Gasteiger partial charge in [0.2, 0.25) is 5.91 Å². The Kier molecular flexibility index (Phi) is 6.84. The number of halogens is 1. The lowest BCUT2D eigenvalue weighted by molar-refractivity contribution is -0.130.